The third-order valence-electron chi connectivity index (χ3n) is 5.84. The second-order valence-corrected chi connectivity index (χ2v) is 8.92. The maximum atomic E-state index is 4.93. The van der Waals surface area contributed by atoms with Crippen LogP contribution in [0.1, 0.15) is 0 Å². The van der Waals surface area contributed by atoms with Gasteiger partial charge < -0.3 is 0 Å². The fourth-order valence-electron chi connectivity index (χ4n) is 4.30. The minimum absolute atomic E-state index is 0.550. The summed E-state index contributed by atoms with van der Waals surface area (Å²) in [5, 5.41) is 2.27. The lowest BCUT2D eigenvalue weighted by Gasteiger charge is -2.09. The van der Waals surface area contributed by atoms with Crippen molar-refractivity contribution in [3.63, 3.8) is 0 Å². The zero-order valence-corrected chi connectivity index (χ0v) is 18.6. The average molecular weight is 457 g/mol. The molecule has 0 saturated heterocycles. The number of hydrogen-bond acceptors (Lipinski definition) is 6. The van der Waals surface area contributed by atoms with Gasteiger partial charge in [-0.15, -0.1) is 11.3 Å². The highest BCUT2D eigenvalue weighted by Gasteiger charge is 2.21. The molecule has 7 heteroatoms. The third kappa shape index (κ3) is 2.91. The lowest BCUT2D eigenvalue weighted by Crippen LogP contribution is -2.06. The molecule has 0 atom stereocenters. The number of thiophene rings is 1. The molecular weight excluding hydrogens is 440 g/mol. The lowest BCUT2D eigenvalue weighted by molar-refractivity contribution is 0.954. The van der Waals surface area contributed by atoms with Gasteiger partial charge in [0.05, 0.1) is 11.7 Å². The van der Waals surface area contributed by atoms with Crippen LogP contribution in [0.4, 0.5) is 0 Å². The number of fused-ring (bicyclic) bond motifs is 5. The van der Waals surface area contributed by atoms with Crippen LogP contribution >= 0.6 is 11.3 Å². The van der Waals surface area contributed by atoms with Crippen LogP contribution in [0.3, 0.4) is 0 Å². The molecule has 0 radical (unpaired) electrons. The summed E-state index contributed by atoms with van der Waals surface area (Å²) in [6, 6.07) is 28.4. The van der Waals surface area contributed by atoms with Crippen molar-refractivity contribution in [1.82, 2.24) is 29.5 Å². The molecule has 0 aliphatic rings. The van der Waals surface area contributed by atoms with E-state index in [9.17, 15) is 0 Å². The monoisotopic (exact) mass is 456 g/mol. The molecule has 0 aliphatic heterocycles. The van der Waals surface area contributed by atoms with E-state index in [2.05, 4.69) is 38.8 Å². The van der Waals surface area contributed by atoms with E-state index < -0.39 is 0 Å². The summed E-state index contributed by atoms with van der Waals surface area (Å²) in [6.07, 6.45) is 3.43. The molecule has 4 heterocycles. The zero-order valence-electron chi connectivity index (χ0n) is 17.8. The SMILES string of the molecule is c1ccc(-c2nc(-c3ccccc3)nc(-n3c4cncnc4c4c5ccccc5sc43)n2)cc1. The third-order valence-corrected chi connectivity index (χ3v) is 6.99. The predicted molar refractivity (Wildman–Crippen MR) is 136 cm³/mol. The molecule has 0 aliphatic carbocycles. The number of aromatic nitrogens is 6. The van der Waals surface area contributed by atoms with Crippen LogP contribution < -0.4 is 0 Å². The van der Waals surface area contributed by atoms with Crippen molar-refractivity contribution in [2.75, 3.05) is 0 Å². The van der Waals surface area contributed by atoms with Crippen LogP contribution in [-0.4, -0.2) is 29.5 Å². The summed E-state index contributed by atoms with van der Waals surface area (Å²) < 4.78 is 3.26. The van der Waals surface area contributed by atoms with Gasteiger partial charge >= 0.3 is 0 Å². The van der Waals surface area contributed by atoms with E-state index in [1.165, 1.54) is 10.1 Å². The van der Waals surface area contributed by atoms with Crippen LogP contribution in [0.5, 0.6) is 0 Å². The van der Waals surface area contributed by atoms with Crippen molar-refractivity contribution in [1.29, 1.82) is 0 Å². The summed E-state index contributed by atoms with van der Waals surface area (Å²) in [6.45, 7) is 0. The van der Waals surface area contributed by atoms with E-state index in [-0.39, 0.29) is 0 Å². The van der Waals surface area contributed by atoms with Gasteiger partial charge in [0.15, 0.2) is 11.6 Å². The normalized spacial score (nSPS) is 11.5. The van der Waals surface area contributed by atoms with Crippen LogP contribution in [0, 0.1) is 0 Å². The molecule has 160 valence electrons. The van der Waals surface area contributed by atoms with E-state index in [1.54, 1.807) is 17.7 Å². The Morgan fingerprint density at radius 1 is 0.676 bits per heavy atom. The molecule has 0 amide bonds. The lowest BCUT2D eigenvalue weighted by atomic mass is 10.2. The van der Waals surface area contributed by atoms with Crippen LogP contribution in [-0.2, 0) is 0 Å². The highest BCUT2D eigenvalue weighted by Crippen LogP contribution is 2.40. The number of benzene rings is 3. The summed E-state index contributed by atoms with van der Waals surface area (Å²) in [5.41, 5.74) is 3.64. The van der Waals surface area contributed by atoms with Crippen molar-refractivity contribution >= 4 is 42.7 Å². The zero-order chi connectivity index (χ0) is 22.5. The Labute approximate surface area is 198 Å². The van der Waals surface area contributed by atoms with Crippen molar-refractivity contribution in [3.8, 4) is 28.7 Å². The quantitative estimate of drug-likeness (QED) is 0.312. The molecule has 0 N–H and O–H groups in total. The fourth-order valence-corrected chi connectivity index (χ4v) is 5.52. The minimum atomic E-state index is 0.550. The smallest absolute Gasteiger partial charge is 0.239 e. The maximum Gasteiger partial charge on any atom is 0.239 e. The minimum Gasteiger partial charge on any atom is -0.265 e. The summed E-state index contributed by atoms with van der Waals surface area (Å²) >= 11 is 1.71. The Bertz CT molecular complexity index is 1750. The van der Waals surface area contributed by atoms with E-state index in [0.717, 1.165) is 32.4 Å². The number of hydrogen-bond donors (Lipinski definition) is 0. The molecule has 0 bridgehead atoms. The maximum absolute atomic E-state index is 4.93. The van der Waals surface area contributed by atoms with Gasteiger partial charge in [-0.2, -0.15) is 9.97 Å². The van der Waals surface area contributed by atoms with Gasteiger partial charge in [0.1, 0.15) is 16.7 Å². The van der Waals surface area contributed by atoms with Crippen LogP contribution in [0.15, 0.2) is 97.5 Å². The van der Waals surface area contributed by atoms with Gasteiger partial charge in [-0.05, 0) is 6.07 Å². The van der Waals surface area contributed by atoms with E-state index >= 15 is 0 Å². The second kappa shape index (κ2) is 7.54. The standard InChI is InChI=1S/C27H16N6S/c1-3-9-17(10-4-1)24-30-25(18-11-5-2-6-12-18)32-27(31-24)33-20-15-28-16-29-23(20)22-19-13-7-8-14-21(19)34-26(22)33/h1-16H. The van der Waals surface area contributed by atoms with Gasteiger partial charge in [-0.1, -0.05) is 78.9 Å². The van der Waals surface area contributed by atoms with Crippen molar-refractivity contribution in [2.45, 2.75) is 0 Å². The van der Waals surface area contributed by atoms with Crippen molar-refractivity contribution < 1.29 is 0 Å². The van der Waals surface area contributed by atoms with Crippen molar-refractivity contribution in [2.24, 2.45) is 0 Å². The Morgan fingerprint density at radius 2 is 1.32 bits per heavy atom. The van der Waals surface area contributed by atoms with Gasteiger partial charge in [-0.3, -0.25) is 4.57 Å². The molecule has 4 aromatic heterocycles. The van der Waals surface area contributed by atoms with Gasteiger partial charge in [-0.25, -0.2) is 15.0 Å². The van der Waals surface area contributed by atoms with Gasteiger partial charge in [0.25, 0.3) is 0 Å². The Hall–Kier alpha value is -4.49. The molecule has 7 aromatic rings. The molecule has 34 heavy (non-hydrogen) atoms. The molecular formula is C27H16N6S. The first-order valence-electron chi connectivity index (χ1n) is 10.9. The van der Waals surface area contributed by atoms with E-state index in [0.29, 0.717) is 17.6 Å². The predicted octanol–water partition coefficient (Wildman–Crippen LogP) is 6.31. The first-order chi connectivity index (χ1) is 16.9. The summed E-state index contributed by atoms with van der Waals surface area (Å²) in [7, 11) is 0. The number of nitrogens with zero attached hydrogens (tertiary/aromatic N) is 6. The van der Waals surface area contributed by atoms with E-state index in [1.807, 2.05) is 66.9 Å². The van der Waals surface area contributed by atoms with Crippen LogP contribution in [0.2, 0.25) is 0 Å². The first kappa shape index (κ1) is 19.0. The second-order valence-electron chi connectivity index (χ2n) is 7.89. The van der Waals surface area contributed by atoms with Crippen LogP contribution in [0.25, 0.3) is 60.1 Å². The molecule has 6 nitrogen and oxygen atoms in total. The molecule has 0 fully saturated rings. The summed E-state index contributed by atoms with van der Waals surface area (Å²) in [5.74, 6) is 1.80. The molecule has 0 unspecified atom stereocenters. The Morgan fingerprint density at radius 3 is 2.03 bits per heavy atom. The average Bonchev–Trinajstić information content (AvgIpc) is 3.44. The largest absolute Gasteiger partial charge is 0.265 e. The van der Waals surface area contributed by atoms with Gasteiger partial charge in [0, 0.05) is 26.6 Å². The Balaban J connectivity index is 1.59. The van der Waals surface area contributed by atoms with E-state index in [4.69, 9.17) is 15.0 Å². The molecule has 0 saturated carbocycles. The highest BCUT2D eigenvalue weighted by molar-refractivity contribution is 7.25. The highest BCUT2D eigenvalue weighted by atomic mass is 32.1. The summed E-state index contributed by atoms with van der Waals surface area (Å²) in [4.78, 5) is 24.7. The first-order valence-corrected chi connectivity index (χ1v) is 11.7. The number of rotatable bonds is 3. The molecule has 0 spiro atoms. The Kier molecular flexibility index (Phi) is 4.22. The molecule has 3 aromatic carbocycles. The topological polar surface area (TPSA) is 69.4 Å². The van der Waals surface area contributed by atoms with Gasteiger partial charge in [0.2, 0.25) is 5.95 Å². The fraction of sp³-hybridized carbons (Fsp3) is 0. The van der Waals surface area contributed by atoms with Crippen molar-refractivity contribution in [3.05, 3.63) is 97.5 Å². The molecule has 7 rings (SSSR count).